The Morgan fingerprint density at radius 1 is 0.968 bits per heavy atom. The van der Waals surface area contributed by atoms with Gasteiger partial charge in [0.25, 0.3) is 0 Å². The first kappa shape index (κ1) is 21.0. The minimum Gasteiger partial charge on any atom is -0.361 e. The SMILES string of the molecule is CCc1cc2[nH]cc(CCN=C(C)c3ccc(Cc4cccc(F)c4)cc3)c2cc1C. The fourth-order valence-electron chi connectivity index (χ4n) is 4.15. The number of aryl methyl sites for hydroxylation is 2. The Labute approximate surface area is 183 Å². The molecule has 4 aromatic rings. The zero-order chi connectivity index (χ0) is 21.8. The van der Waals surface area contributed by atoms with Crippen LogP contribution in [-0.2, 0) is 19.3 Å². The Balaban J connectivity index is 1.40. The highest BCUT2D eigenvalue weighted by molar-refractivity contribution is 5.98. The molecule has 0 spiro atoms. The van der Waals surface area contributed by atoms with E-state index in [1.807, 2.05) is 6.07 Å². The molecule has 0 amide bonds. The number of fused-ring (bicyclic) bond motifs is 1. The van der Waals surface area contributed by atoms with E-state index in [4.69, 9.17) is 4.99 Å². The molecule has 0 bridgehead atoms. The van der Waals surface area contributed by atoms with Gasteiger partial charge in [0.05, 0.1) is 0 Å². The summed E-state index contributed by atoms with van der Waals surface area (Å²) in [6.45, 7) is 7.21. The van der Waals surface area contributed by atoms with Crippen molar-refractivity contribution < 1.29 is 4.39 Å². The van der Waals surface area contributed by atoms with Crippen molar-refractivity contribution in [1.82, 2.24) is 4.98 Å². The predicted molar refractivity (Wildman–Crippen MR) is 129 cm³/mol. The molecule has 0 atom stereocenters. The summed E-state index contributed by atoms with van der Waals surface area (Å²) in [5.41, 5.74) is 9.62. The van der Waals surface area contributed by atoms with Crippen LogP contribution in [0.1, 0.15) is 47.2 Å². The van der Waals surface area contributed by atoms with E-state index in [2.05, 4.69) is 68.4 Å². The van der Waals surface area contributed by atoms with Gasteiger partial charge in [0.15, 0.2) is 0 Å². The van der Waals surface area contributed by atoms with Crippen molar-refractivity contribution in [3.05, 3.63) is 106 Å². The zero-order valence-electron chi connectivity index (χ0n) is 18.5. The van der Waals surface area contributed by atoms with Crippen molar-refractivity contribution in [1.29, 1.82) is 0 Å². The summed E-state index contributed by atoms with van der Waals surface area (Å²) >= 11 is 0. The van der Waals surface area contributed by atoms with Crippen LogP contribution in [-0.4, -0.2) is 17.2 Å². The van der Waals surface area contributed by atoms with E-state index in [-0.39, 0.29) is 5.82 Å². The van der Waals surface area contributed by atoms with Gasteiger partial charge in [0.2, 0.25) is 0 Å². The summed E-state index contributed by atoms with van der Waals surface area (Å²) in [7, 11) is 0. The normalized spacial score (nSPS) is 11.9. The first-order valence-electron chi connectivity index (χ1n) is 11.0. The maximum Gasteiger partial charge on any atom is 0.123 e. The van der Waals surface area contributed by atoms with Crippen LogP contribution in [0.5, 0.6) is 0 Å². The standard InChI is InChI=1S/C28H29FN2/c1-4-23-17-28-27(14-19(23)2)25(18-31-28)12-13-30-20(3)24-10-8-21(9-11-24)15-22-6-5-7-26(29)16-22/h5-11,14,16-18,31H,4,12-13,15H2,1-3H3. The van der Waals surface area contributed by atoms with Gasteiger partial charge in [-0.15, -0.1) is 0 Å². The summed E-state index contributed by atoms with van der Waals surface area (Å²) in [5, 5.41) is 1.31. The van der Waals surface area contributed by atoms with Gasteiger partial charge in [0, 0.05) is 29.4 Å². The third kappa shape index (κ3) is 4.93. The molecule has 3 heteroatoms. The molecule has 1 N–H and O–H groups in total. The summed E-state index contributed by atoms with van der Waals surface area (Å²) in [6.07, 6.45) is 4.82. The quantitative estimate of drug-likeness (QED) is 0.323. The third-order valence-electron chi connectivity index (χ3n) is 6.00. The van der Waals surface area contributed by atoms with Gasteiger partial charge in [0.1, 0.15) is 5.82 Å². The molecule has 0 aliphatic heterocycles. The zero-order valence-corrected chi connectivity index (χ0v) is 18.5. The van der Waals surface area contributed by atoms with Gasteiger partial charge in [-0.1, -0.05) is 43.3 Å². The fraction of sp³-hybridized carbons (Fsp3) is 0.250. The highest BCUT2D eigenvalue weighted by Gasteiger charge is 2.07. The van der Waals surface area contributed by atoms with Gasteiger partial charge < -0.3 is 4.98 Å². The number of hydrogen-bond donors (Lipinski definition) is 1. The highest BCUT2D eigenvalue weighted by Crippen LogP contribution is 2.23. The molecule has 1 aromatic heterocycles. The largest absolute Gasteiger partial charge is 0.361 e. The van der Waals surface area contributed by atoms with Crippen LogP contribution < -0.4 is 0 Å². The average molecular weight is 413 g/mol. The fourth-order valence-corrected chi connectivity index (χ4v) is 4.15. The third-order valence-corrected chi connectivity index (χ3v) is 6.00. The van der Waals surface area contributed by atoms with Gasteiger partial charge >= 0.3 is 0 Å². The number of halogens is 1. The summed E-state index contributed by atoms with van der Waals surface area (Å²) in [5.74, 6) is -0.187. The number of hydrogen-bond acceptors (Lipinski definition) is 1. The topological polar surface area (TPSA) is 28.1 Å². The predicted octanol–water partition coefficient (Wildman–Crippen LogP) is 6.82. The maximum atomic E-state index is 13.4. The lowest BCUT2D eigenvalue weighted by molar-refractivity contribution is 0.626. The molecule has 4 rings (SSSR count). The second-order valence-electron chi connectivity index (χ2n) is 8.21. The summed E-state index contributed by atoms with van der Waals surface area (Å²) in [4.78, 5) is 8.23. The number of aliphatic imine (C=N–C) groups is 1. The van der Waals surface area contributed by atoms with Crippen molar-refractivity contribution in [2.75, 3.05) is 6.54 Å². The average Bonchev–Trinajstić information content (AvgIpc) is 3.15. The lowest BCUT2D eigenvalue weighted by atomic mass is 10.0. The van der Waals surface area contributed by atoms with E-state index < -0.39 is 0 Å². The minimum atomic E-state index is -0.187. The molecule has 2 nitrogen and oxygen atoms in total. The van der Waals surface area contributed by atoms with E-state index in [9.17, 15) is 4.39 Å². The molecule has 31 heavy (non-hydrogen) atoms. The van der Waals surface area contributed by atoms with Crippen molar-refractivity contribution in [3.63, 3.8) is 0 Å². The maximum absolute atomic E-state index is 13.4. The van der Waals surface area contributed by atoms with Gasteiger partial charge in [-0.05, 0) is 90.8 Å². The van der Waals surface area contributed by atoms with E-state index in [1.54, 1.807) is 12.1 Å². The van der Waals surface area contributed by atoms with Crippen molar-refractivity contribution in [2.24, 2.45) is 4.99 Å². The molecule has 0 saturated heterocycles. The lowest BCUT2D eigenvalue weighted by Gasteiger charge is -2.06. The van der Waals surface area contributed by atoms with Crippen LogP contribution >= 0.6 is 0 Å². The monoisotopic (exact) mass is 412 g/mol. The molecule has 0 aliphatic rings. The second-order valence-corrected chi connectivity index (χ2v) is 8.21. The molecular weight excluding hydrogens is 383 g/mol. The Morgan fingerprint density at radius 3 is 2.52 bits per heavy atom. The lowest BCUT2D eigenvalue weighted by Crippen LogP contribution is -1.99. The molecule has 0 unspecified atom stereocenters. The number of rotatable bonds is 7. The molecule has 0 saturated carbocycles. The number of H-pyrrole nitrogens is 1. The van der Waals surface area contributed by atoms with Crippen molar-refractivity contribution >= 4 is 16.6 Å². The van der Waals surface area contributed by atoms with E-state index >= 15 is 0 Å². The van der Waals surface area contributed by atoms with Crippen LogP contribution in [0.2, 0.25) is 0 Å². The Bertz CT molecular complexity index is 1220. The Morgan fingerprint density at radius 2 is 1.77 bits per heavy atom. The number of nitrogens with zero attached hydrogens (tertiary/aromatic N) is 1. The van der Waals surface area contributed by atoms with Gasteiger partial charge in [-0.25, -0.2) is 4.39 Å². The Kier molecular flexibility index (Phi) is 6.31. The number of benzene rings is 3. The van der Waals surface area contributed by atoms with Crippen LogP contribution in [0.25, 0.3) is 10.9 Å². The van der Waals surface area contributed by atoms with Crippen LogP contribution in [0, 0.1) is 12.7 Å². The molecule has 0 aliphatic carbocycles. The van der Waals surface area contributed by atoms with Gasteiger partial charge in [-0.2, -0.15) is 0 Å². The molecule has 158 valence electrons. The molecular formula is C28H29FN2. The van der Waals surface area contributed by atoms with Crippen LogP contribution in [0.3, 0.4) is 0 Å². The van der Waals surface area contributed by atoms with Crippen LogP contribution in [0.4, 0.5) is 4.39 Å². The van der Waals surface area contributed by atoms with E-state index in [1.165, 1.54) is 39.2 Å². The van der Waals surface area contributed by atoms with Crippen molar-refractivity contribution in [2.45, 2.75) is 40.0 Å². The second kappa shape index (κ2) is 9.30. The molecule has 0 radical (unpaired) electrons. The number of nitrogens with one attached hydrogen (secondary N) is 1. The first-order valence-corrected chi connectivity index (χ1v) is 11.0. The highest BCUT2D eigenvalue weighted by atomic mass is 19.1. The Hall–Kier alpha value is -3.20. The van der Waals surface area contributed by atoms with E-state index in [0.717, 1.165) is 42.6 Å². The molecule has 3 aromatic carbocycles. The molecule has 0 fully saturated rings. The van der Waals surface area contributed by atoms with Crippen molar-refractivity contribution in [3.8, 4) is 0 Å². The number of aromatic amines is 1. The van der Waals surface area contributed by atoms with E-state index in [0.29, 0.717) is 0 Å². The minimum absolute atomic E-state index is 0.187. The first-order chi connectivity index (χ1) is 15.0. The molecule has 1 heterocycles. The van der Waals surface area contributed by atoms with Crippen LogP contribution in [0.15, 0.2) is 71.9 Å². The van der Waals surface area contributed by atoms with Gasteiger partial charge in [-0.3, -0.25) is 4.99 Å². The smallest absolute Gasteiger partial charge is 0.123 e. The summed E-state index contributed by atoms with van der Waals surface area (Å²) in [6, 6.07) is 19.8. The summed E-state index contributed by atoms with van der Waals surface area (Å²) < 4.78 is 13.4. The number of aromatic nitrogens is 1.